The van der Waals surface area contributed by atoms with E-state index in [1.54, 1.807) is 17.9 Å². The highest BCUT2D eigenvalue weighted by Gasteiger charge is 2.40. The lowest BCUT2D eigenvalue weighted by molar-refractivity contribution is -0.137. The van der Waals surface area contributed by atoms with E-state index in [9.17, 15) is 27.9 Å². The topological polar surface area (TPSA) is 90.7 Å². The number of benzene rings is 1. The molecule has 8 nitrogen and oxygen atoms in total. The Hall–Kier alpha value is -2.92. The first kappa shape index (κ1) is 25.7. The highest BCUT2D eigenvalue weighted by Crippen LogP contribution is 2.44. The molecule has 2 aliphatic heterocycles. The number of aromatic nitrogens is 2. The van der Waals surface area contributed by atoms with Crippen LogP contribution in [0.15, 0.2) is 24.3 Å². The molecule has 1 unspecified atom stereocenters. The minimum atomic E-state index is -4.47. The summed E-state index contributed by atoms with van der Waals surface area (Å²) in [6, 6.07) is 5.08. The average molecular weight is 520 g/mol. The molecule has 0 spiro atoms. The minimum absolute atomic E-state index is 0.0856. The molecule has 2 atom stereocenters. The van der Waals surface area contributed by atoms with Gasteiger partial charge in [0, 0.05) is 51.0 Å². The molecule has 1 aromatic heterocycles. The van der Waals surface area contributed by atoms with Crippen molar-refractivity contribution in [2.24, 2.45) is 0 Å². The standard InChI is InChI=1S/C26H32F3N5O3/c1-15-23(24(17-6-7-17)34(31-15)21-5-3-4-18(12-21)26(27,28)29)25(37)32-10-8-20(9-11-32)33-14-19(13-22(33)36)30-16(2)35/h3-5,12,17,19-20,22,36H,6-11,13-14H2,1-2H3,(H,30,35)/t19-,22?/m1/s1. The van der Waals surface area contributed by atoms with Crippen molar-refractivity contribution in [3.8, 4) is 5.69 Å². The Kier molecular flexibility index (Phi) is 6.78. The van der Waals surface area contributed by atoms with Gasteiger partial charge in [0.15, 0.2) is 0 Å². The van der Waals surface area contributed by atoms with Crippen LogP contribution in [0.1, 0.15) is 72.3 Å². The summed E-state index contributed by atoms with van der Waals surface area (Å²) < 4.78 is 41.5. The van der Waals surface area contributed by atoms with E-state index < -0.39 is 18.0 Å². The van der Waals surface area contributed by atoms with Gasteiger partial charge in [-0.05, 0) is 50.8 Å². The van der Waals surface area contributed by atoms with Gasteiger partial charge in [0.1, 0.15) is 6.23 Å². The maximum Gasteiger partial charge on any atom is 0.416 e. The van der Waals surface area contributed by atoms with Crippen molar-refractivity contribution in [1.82, 2.24) is 24.9 Å². The summed E-state index contributed by atoms with van der Waals surface area (Å²) >= 11 is 0. The van der Waals surface area contributed by atoms with Crippen molar-refractivity contribution in [3.63, 3.8) is 0 Å². The molecule has 3 aliphatic rings. The normalized spacial score (nSPS) is 23.5. The van der Waals surface area contributed by atoms with Crippen LogP contribution in [0.25, 0.3) is 5.69 Å². The SMILES string of the molecule is CC(=O)N[C@@H]1CC(O)N(C2CCN(C(=O)c3c(C)nn(-c4cccc(C(F)(F)F)c4)c3C3CC3)CC2)C1. The number of rotatable bonds is 5. The molecule has 11 heteroatoms. The van der Waals surface area contributed by atoms with Gasteiger partial charge in [-0.1, -0.05) is 6.07 Å². The van der Waals surface area contributed by atoms with Crippen LogP contribution in [0.2, 0.25) is 0 Å². The number of amides is 2. The van der Waals surface area contributed by atoms with Crippen LogP contribution >= 0.6 is 0 Å². The molecule has 200 valence electrons. The predicted molar refractivity (Wildman–Crippen MR) is 129 cm³/mol. The molecule has 2 N–H and O–H groups in total. The Bertz CT molecular complexity index is 1180. The lowest BCUT2D eigenvalue weighted by Crippen LogP contribution is -2.49. The van der Waals surface area contributed by atoms with Crippen LogP contribution in [0.3, 0.4) is 0 Å². The van der Waals surface area contributed by atoms with Crippen molar-refractivity contribution in [2.45, 2.75) is 76.4 Å². The molecule has 3 heterocycles. The third-order valence-corrected chi connectivity index (χ3v) is 7.63. The fourth-order valence-electron chi connectivity index (χ4n) is 5.74. The number of likely N-dealkylation sites (tertiary alicyclic amines) is 2. The molecule has 2 amide bonds. The minimum Gasteiger partial charge on any atom is -0.378 e. The quantitative estimate of drug-likeness (QED) is 0.633. The number of nitrogens with one attached hydrogen (secondary N) is 1. The second-order valence-electron chi connectivity index (χ2n) is 10.4. The van der Waals surface area contributed by atoms with Gasteiger partial charge in [-0.3, -0.25) is 14.5 Å². The molecule has 0 bridgehead atoms. The summed E-state index contributed by atoms with van der Waals surface area (Å²) in [7, 11) is 0. The van der Waals surface area contributed by atoms with Gasteiger partial charge in [-0.15, -0.1) is 0 Å². The number of hydrogen-bond acceptors (Lipinski definition) is 5. The fourth-order valence-corrected chi connectivity index (χ4v) is 5.74. The van der Waals surface area contributed by atoms with Crippen molar-refractivity contribution < 1.29 is 27.9 Å². The summed E-state index contributed by atoms with van der Waals surface area (Å²) in [6.45, 7) is 4.80. The van der Waals surface area contributed by atoms with E-state index >= 15 is 0 Å². The maximum absolute atomic E-state index is 13.7. The Morgan fingerprint density at radius 1 is 1.14 bits per heavy atom. The molecule has 5 rings (SSSR count). The van der Waals surface area contributed by atoms with Gasteiger partial charge in [-0.25, -0.2) is 4.68 Å². The largest absolute Gasteiger partial charge is 0.416 e. The lowest BCUT2D eigenvalue weighted by Gasteiger charge is -2.38. The molecule has 37 heavy (non-hydrogen) atoms. The zero-order valence-corrected chi connectivity index (χ0v) is 21.0. The number of halogens is 3. The van der Waals surface area contributed by atoms with Crippen LogP contribution < -0.4 is 5.32 Å². The first-order chi connectivity index (χ1) is 17.5. The first-order valence-corrected chi connectivity index (χ1v) is 12.8. The van der Waals surface area contributed by atoms with Crippen molar-refractivity contribution in [2.75, 3.05) is 19.6 Å². The van der Waals surface area contributed by atoms with Crippen molar-refractivity contribution >= 4 is 11.8 Å². The molecule has 3 fully saturated rings. The van der Waals surface area contributed by atoms with Gasteiger partial charge in [-0.2, -0.15) is 18.3 Å². The molecule has 2 aromatic rings. The van der Waals surface area contributed by atoms with E-state index in [1.807, 2.05) is 4.90 Å². The third-order valence-electron chi connectivity index (χ3n) is 7.63. The second kappa shape index (κ2) is 9.75. The summed E-state index contributed by atoms with van der Waals surface area (Å²) in [5.74, 6) is -0.168. The molecular weight excluding hydrogens is 487 g/mol. The number of aryl methyl sites for hydroxylation is 1. The van der Waals surface area contributed by atoms with Crippen LogP contribution in [0.4, 0.5) is 13.2 Å². The number of nitrogens with zero attached hydrogens (tertiary/aromatic N) is 4. The Balaban J connectivity index is 1.33. The number of aliphatic hydroxyl groups is 1. The summed E-state index contributed by atoms with van der Waals surface area (Å²) in [4.78, 5) is 28.9. The lowest BCUT2D eigenvalue weighted by atomic mass is 10.0. The van der Waals surface area contributed by atoms with Crippen LogP contribution in [0.5, 0.6) is 0 Å². The number of carbonyl (C=O) groups excluding carboxylic acids is 2. The number of aliphatic hydroxyl groups excluding tert-OH is 1. The van der Waals surface area contributed by atoms with Gasteiger partial charge < -0.3 is 15.3 Å². The molecule has 1 aliphatic carbocycles. The van der Waals surface area contributed by atoms with Gasteiger partial charge in [0.25, 0.3) is 5.91 Å². The van der Waals surface area contributed by atoms with Crippen molar-refractivity contribution in [3.05, 3.63) is 46.8 Å². The van der Waals surface area contributed by atoms with E-state index in [2.05, 4.69) is 10.4 Å². The molecule has 0 radical (unpaired) electrons. The van der Waals surface area contributed by atoms with E-state index in [-0.39, 0.29) is 29.8 Å². The highest BCUT2D eigenvalue weighted by molar-refractivity contribution is 5.97. The molecular formula is C26H32F3N5O3. The van der Waals surface area contributed by atoms with Crippen LogP contribution in [-0.2, 0) is 11.0 Å². The average Bonchev–Trinajstić information content (AvgIpc) is 3.54. The third kappa shape index (κ3) is 5.24. The van der Waals surface area contributed by atoms with E-state index in [0.717, 1.165) is 25.0 Å². The number of piperidine rings is 1. The van der Waals surface area contributed by atoms with E-state index in [4.69, 9.17) is 0 Å². The summed E-state index contributed by atoms with van der Waals surface area (Å²) in [5.41, 5.74) is 1.25. The van der Waals surface area contributed by atoms with E-state index in [1.165, 1.54) is 17.7 Å². The summed E-state index contributed by atoms with van der Waals surface area (Å²) in [6.07, 6.45) is -1.49. The van der Waals surface area contributed by atoms with Gasteiger partial charge in [0.2, 0.25) is 5.91 Å². The maximum atomic E-state index is 13.7. The van der Waals surface area contributed by atoms with Gasteiger partial charge in [0.05, 0.1) is 28.2 Å². The monoisotopic (exact) mass is 519 g/mol. The first-order valence-electron chi connectivity index (χ1n) is 12.8. The number of hydrogen-bond donors (Lipinski definition) is 2. The Labute approximate surface area is 213 Å². The Morgan fingerprint density at radius 3 is 2.46 bits per heavy atom. The smallest absolute Gasteiger partial charge is 0.378 e. The number of alkyl halides is 3. The zero-order chi connectivity index (χ0) is 26.5. The fraction of sp³-hybridized carbons (Fsp3) is 0.577. The second-order valence-corrected chi connectivity index (χ2v) is 10.4. The van der Waals surface area contributed by atoms with Crippen molar-refractivity contribution in [1.29, 1.82) is 0 Å². The highest BCUT2D eigenvalue weighted by atomic mass is 19.4. The zero-order valence-electron chi connectivity index (χ0n) is 21.0. The molecule has 1 saturated carbocycles. The van der Waals surface area contributed by atoms with Crippen LogP contribution in [-0.4, -0.2) is 74.4 Å². The van der Waals surface area contributed by atoms with Crippen LogP contribution in [0, 0.1) is 6.92 Å². The van der Waals surface area contributed by atoms with Gasteiger partial charge >= 0.3 is 6.18 Å². The molecule has 1 aromatic carbocycles. The number of carbonyl (C=O) groups is 2. The van der Waals surface area contributed by atoms with E-state index in [0.29, 0.717) is 61.5 Å². The predicted octanol–water partition coefficient (Wildman–Crippen LogP) is 3.21. The summed E-state index contributed by atoms with van der Waals surface area (Å²) in [5, 5.41) is 17.9. The molecule has 2 saturated heterocycles. The Morgan fingerprint density at radius 2 is 1.84 bits per heavy atom.